The Morgan fingerprint density at radius 2 is 1.56 bits per heavy atom. The van der Waals surface area contributed by atoms with Gasteiger partial charge in [0.15, 0.2) is 28.8 Å². The van der Waals surface area contributed by atoms with Crippen molar-refractivity contribution in [2.75, 3.05) is 28.4 Å². The number of carbonyl (C=O) groups is 2. The van der Waals surface area contributed by atoms with Crippen LogP contribution < -0.4 is 24.3 Å². The molecule has 0 aromatic heterocycles. The second-order valence-corrected chi connectivity index (χ2v) is 7.92. The second kappa shape index (κ2) is 8.94. The molecule has 2 aromatic rings. The number of ether oxygens (including phenoxy) is 4. The molecule has 7 heteroatoms. The first-order chi connectivity index (χ1) is 15.5. The number of carbonyl (C=O) groups excluding carboxylic acids is 2. The van der Waals surface area contributed by atoms with E-state index in [1.54, 1.807) is 34.5 Å². The van der Waals surface area contributed by atoms with Crippen molar-refractivity contribution >= 4 is 11.7 Å². The van der Waals surface area contributed by atoms with E-state index in [0.717, 1.165) is 11.1 Å². The molecule has 0 radical (unpaired) electrons. The highest BCUT2D eigenvalue weighted by molar-refractivity contribution is 6.02. The molecule has 7 nitrogen and oxygen atoms in total. The molecule has 1 aliphatic carbocycles. The molecule has 4 rings (SSSR count). The molecule has 2 aliphatic rings. The van der Waals surface area contributed by atoms with Crippen LogP contribution >= 0.6 is 0 Å². The molecule has 2 unspecified atom stereocenters. The number of Topliss-reactive ketones (excluding diaryl/α,β-unsaturated/α-hetero) is 1. The Morgan fingerprint density at radius 3 is 2.25 bits per heavy atom. The predicted octanol–water partition coefficient (Wildman–Crippen LogP) is 3.73. The minimum atomic E-state index is -0.373. The van der Waals surface area contributed by atoms with Crippen LogP contribution in [0, 0.1) is 0 Å². The molecule has 0 spiro atoms. The van der Waals surface area contributed by atoms with Crippen molar-refractivity contribution in [2.45, 2.75) is 31.1 Å². The quantitative estimate of drug-likeness (QED) is 0.742. The highest BCUT2D eigenvalue weighted by Crippen LogP contribution is 2.47. The number of para-hydroxylation sites is 1. The lowest BCUT2D eigenvalue weighted by atomic mass is 9.73. The fourth-order valence-corrected chi connectivity index (χ4v) is 4.75. The molecule has 1 aliphatic heterocycles. The summed E-state index contributed by atoms with van der Waals surface area (Å²) in [4.78, 5) is 26.0. The first-order valence-electron chi connectivity index (χ1n) is 10.5. The Labute approximate surface area is 187 Å². The molecule has 1 heterocycles. The molecule has 0 fully saturated rings. The molecule has 168 valence electrons. The van der Waals surface area contributed by atoms with Crippen LogP contribution in [0.4, 0.5) is 0 Å². The third-order valence-electron chi connectivity index (χ3n) is 6.22. The third-order valence-corrected chi connectivity index (χ3v) is 6.22. The topological polar surface area (TPSA) is 83.1 Å². The number of benzene rings is 2. The number of hydrogen-bond acceptors (Lipinski definition) is 6. The molecule has 0 bridgehead atoms. The van der Waals surface area contributed by atoms with Crippen LogP contribution in [-0.4, -0.2) is 40.1 Å². The number of allylic oxidation sites excluding steroid dienone is 2. The van der Waals surface area contributed by atoms with Crippen molar-refractivity contribution in [1.29, 1.82) is 0 Å². The van der Waals surface area contributed by atoms with Crippen molar-refractivity contribution in [3.8, 4) is 23.0 Å². The van der Waals surface area contributed by atoms with Gasteiger partial charge in [-0.3, -0.25) is 9.59 Å². The number of amides is 1. The van der Waals surface area contributed by atoms with E-state index in [0.29, 0.717) is 47.1 Å². The Bertz CT molecular complexity index is 1090. The lowest BCUT2D eigenvalue weighted by molar-refractivity contribution is -0.122. The van der Waals surface area contributed by atoms with Crippen molar-refractivity contribution in [1.82, 2.24) is 5.32 Å². The summed E-state index contributed by atoms with van der Waals surface area (Å²) >= 11 is 0. The van der Waals surface area contributed by atoms with Gasteiger partial charge >= 0.3 is 0 Å². The standard InChI is InChI=1S/C25H27NO6/c1-29-20-9-8-14(12-22(20)31-3)15-10-18-24(19(27)11-15)17(13-23(28)26-18)16-6-5-7-21(30-2)25(16)32-4/h5-9,12,15,17H,10-11,13H2,1-4H3,(H,26,28). The van der Waals surface area contributed by atoms with Crippen molar-refractivity contribution < 1.29 is 28.5 Å². The van der Waals surface area contributed by atoms with E-state index in [2.05, 4.69) is 5.32 Å². The molecular weight excluding hydrogens is 410 g/mol. The van der Waals surface area contributed by atoms with Gasteiger partial charge in [0.25, 0.3) is 0 Å². The largest absolute Gasteiger partial charge is 0.493 e. The number of ketones is 1. The summed E-state index contributed by atoms with van der Waals surface area (Å²) in [6.45, 7) is 0. The maximum absolute atomic E-state index is 13.4. The summed E-state index contributed by atoms with van der Waals surface area (Å²) in [7, 11) is 6.31. The van der Waals surface area contributed by atoms with Crippen LogP contribution in [0.3, 0.4) is 0 Å². The fraction of sp³-hybridized carbons (Fsp3) is 0.360. The minimum absolute atomic E-state index is 0.0286. The third kappa shape index (κ3) is 3.79. The van der Waals surface area contributed by atoms with Crippen LogP contribution in [0.2, 0.25) is 0 Å². The van der Waals surface area contributed by atoms with Crippen molar-refractivity contribution in [3.63, 3.8) is 0 Å². The molecule has 1 amide bonds. The zero-order valence-corrected chi connectivity index (χ0v) is 18.7. The Balaban J connectivity index is 1.73. The van der Waals surface area contributed by atoms with Gasteiger partial charge in [-0.1, -0.05) is 18.2 Å². The van der Waals surface area contributed by atoms with E-state index in [1.807, 2.05) is 30.3 Å². The first-order valence-corrected chi connectivity index (χ1v) is 10.5. The molecule has 0 saturated heterocycles. The van der Waals surface area contributed by atoms with Crippen LogP contribution in [-0.2, 0) is 9.59 Å². The zero-order valence-electron chi connectivity index (χ0n) is 18.7. The summed E-state index contributed by atoms with van der Waals surface area (Å²) < 4.78 is 21.8. The average Bonchev–Trinajstić information content (AvgIpc) is 2.81. The van der Waals surface area contributed by atoms with Crippen LogP contribution in [0.1, 0.15) is 42.2 Å². The van der Waals surface area contributed by atoms with Crippen molar-refractivity contribution in [2.24, 2.45) is 0 Å². The van der Waals surface area contributed by atoms with E-state index in [9.17, 15) is 9.59 Å². The number of nitrogens with one attached hydrogen (secondary N) is 1. The first kappa shape index (κ1) is 21.7. The monoisotopic (exact) mass is 437 g/mol. The van der Waals surface area contributed by atoms with Gasteiger partial charge < -0.3 is 24.3 Å². The summed E-state index contributed by atoms with van der Waals surface area (Å²) in [5.41, 5.74) is 3.10. The Hall–Kier alpha value is -3.48. The van der Waals surface area contributed by atoms with E-state index in [4.69, 9.17) is 18.9 Å². The molecular formula is C25H27NO6. The van der Waals surface area contributed by atoms with E-state index in [1.165, 1.54) is 0 Å². The Morgan fingerprint density at radius 1 is 0.812 bits per heavy atom. The number of methoxy groups -OCH3 is 4. The zero-order chi connectivity index (χ0) is 22.8. The van der Waals surface area contributed by atoms with Gasteiger partial charge in [0.05, 0.1) is 28.4 Å². The van der Waals surface area contributed by atoms with E-state index < -0.39 is 0 Å². The van der Waals surface area contributed by atoms with Gasteiger partial charge in [-0.2, -0.15) is 0 Å². The normalized spacial score (nSPS) is 20.4. The maximum Gasteiger partial charge on any atom is 0.225 e. The number of hydrogen-bond donors (Lipinski definition) is 1. The lowest BCUT2D eigenvalue weighted by Gasteiger charge is -2.35. The Kier molecular flexibility index (Phi) is 6.08. The van der Waals surface area contributed by atoms with Gasteiger partial charge in [0, 0.05) is 35.6 Å². The highest BCUT2D eigenvalue weighted by atomic mass is 16.5. The minimum Gasteiger partial charge on any atom is -0.493 e. The SMILES string of the molecule is COc1ccc(C2CC(=O)C3=C(C2)NC(=O)CC3c2cccc(OC)c2OC)cc1OC. The van der Waals surface area contributed by atoms with Crippen LogP contribution in [0.15, 0.2) is 47.7 Å². The van der Waals surface area contributed by atoms with Gasteiger partial charge in [0.2, 0.25) is 5.91 Å². The summed E-state index contributed by atoms with van der Waals surface area (Å²) in [5.74, 6) is 1.86. The molecule has 1 N–H and O–H groups in total. The highest BCUT2D eigenvalue weighted by Gasteiger charge is 2.39. The van der Waals surface area contributed by atoms with E-state index in [-0.39, 0.29) is 29.9 Å². The van der Waals surface area contributed by atoms with Crippen LogP contribution in [0.25, 0.3) is 0 Å². The predicted molar refractivity (Wildman–Crippen MR) is 119 cm³/mol. The fourth-order valence-electron chi connectivity index (χ4n) is 4.75. The van der Waals surface area contributed by atoms with Gasteiger partial charge in [0.1, 0.15) is 0 Å². The van der Waals surface area contributed by atoms with Crippen molar-refractivity contribution in [3.05, 3.63) is 58.8 Å². The molecule has 0 saturated carbocycles. The van der Waals surface area contributed by atoms with Gasteiger partial charge in [-0.15, -0.1) is 0 Å². The lowest BCUT2D eigenvalue weighted by Crippen LogP contribution is -2.38. The molecule has 2 atom stereocenters. The molecule has 32 heavy (non-hydrogen) atoms. The second-order valence-electron chi connectivity index (χ2n) is 7.92. The van der Waals surface area contributed by atoms with Gasteiger partial charge in [-0.25, -0.2) is 0 Å². The number of rotatable bonds is 6. The van der Waals surface area contributed by atoms with E-state index >= 15 is 0 Å². The smallest absolute Gasteiger partial charge is 0.225 e. The van der Waals surface area contributed by atoms with Crippen LogP contribution in [0.5, 0.6) is 23.0 Å². The molecule has 2 aromatic carbocycles. The summed E-state index contributed by atoms with van der Waals surface area (Å²) in [6.07, 6.45) is 1.10. The summed E-state index contributed by atoms with van der Waals surface area (Å²) in [6, 6.07) is 11.2. The summed E-state index contributed by atoms with van der Waals surface area (Å²) in [5, 5.41) is 2.96. The average molecular weight is 437 g/mol. The van der Waals surface area contributed by atoms with Gasteiger partial charge in [-0.05, 0) is 36.1 Å². The maximum atomic E-state index is 13.4.